The number of rotatable bonds is 2. The molecule has 3 nitrogen and oxygen atoms in total. The molecule has 0 saturated carbocycles. The third-order valence-electron chi connectivity index (χ3n) is 3.82. The molecular weight excluding hydrogens is 364 g/mol. The highest BCUT2D eigenvalue weighted by atomic mass is 79.9. The first-order chi connectivity index (χ1) is 10.3. The quantitative estimate of drug-likeness (QED) is 0.633. The third kappa shape index (κ3) is 2.38. The second kappa shape index (κ2) is 5.25. The van der Waals surface area contributed by atoms with Crippen LogP contribution in [-0.2, 0) is 9.84 Å². The van der Waals surface area contributed by atoms with Crippen molar-refractivity contribution in [3.8, 4) is 0 Å². The molecule has 3 rings (SSSR count). The Balaban J connectivity index is 2.31. The van der Waals surface area contributed by atoms with Crippen molar-refractivity contribution in [1.82, 2.24) is 0 Å². The van der Waals surface area contributed by atoms with Crippen LogP contribution >= 0.6 is 15.9 Å². The summed E-state index contributed by atoms with van der Waals surface area (Å²) in [5.41, 5.74) is 2.73. The minimum absolute atomic E-state index is 0.257. The van der Waals surface area contributed by atoms with Crippen molar-refractivity contribution in [2.75, 3.05) is 0 Å². The number of benzene rings is 2. The lowest BCUT2D eigenvalue weighted by molar-refractivity contribution is 0.557. The van der Waals surface area contributed by atoms with Crippen molar-refractivity contribution < 1.29 is 12.8 Å². The van der Waals surface area contributed by atoms with E-state index in [0.717, 1.165) is 15.6 Å². The molecule has 5 heteroatoms. The Morgan fingerprint density at radius 2 is 1.55 bits per heavy atom. The molecule has 0 atom stereocenters. The maximum Gasteiger partial charge on any atom is 0.210 e. The minimum atomic E-state index is -3.61. The van der Waals surface area contributed by atoms with Gasteiger partial charge in [-0.15, -0.1) is 0 Å². The van der Waals surface area contributed by atoms with E-state index in [-0.39, 0.29) is 9.79 Å². The molecule has 0 amide bonds. The Kier molecular flexibility index (Phi) is 3.65. The Bertz CT molecular complexity index is 967. The fourth-order valence-electron chi connectivity index (χ4n) is 2.52. The molecule has 0 aliphatic heterocycles. The average molecular weight is 379 g/mol. The van der Waals surface area contributed by atoms with E-state index in [0.29, 0.717) is 16.7 Å². The molecule has 0 bridgehead atoms. The first kappa shape index (κ1) is 15.3. The van der Waals surface area contributed by atoms with Crippen LogP contribution in [0, 0.1) is 20.8 Å². The highest BCUT2D eigenvalue weighted by molar-refractivity contribution is 9.10. The van der Waals surface area contributed by atoms with Crippen molar-refractivity contribution in [2.45, 2.75) is 30.6 Å². The lowest BCUT2D eigenvalue weighted by Crippen LogP contribution is -2.02. The SMILES string of the molecule is Cc1cc2oc(C)c(S(=O)(=O)c3ccc(Br)cc3)c2cc1C. The molecule has 2 aromatic carbocycles. The van der Waals surface area contributed by atoms with Gasteiger partial charge in [-0.05, 0) is 68.3 Å². The second-order valence-electron chi connectivity index (χ2n) is 5.38. The van der Waals surface area contributed by atoms with Crippen LogP contribution in [0.5, 0.6) is 0 Å². The predicted octanol–water partition coefficient (Wildman–Crippen LogP) is 4.95. The van der Waals surface area contributed by atoms with Crippen molar-refractivity contribution in [3.05, 3.63) is 57.8 Å². The molecular formula is C17H15BrO3S. The minimum Gasteiger partial charge on any atom is -0.460 e. The van der Waals surface area contributed by atoms with Gasteiger partial charge in [0.25, 0.3) is 0 Å². The Labute approximate surface area is 138 Å². The van der Waals surface area contributed by atoms with E-state index in [9.17, 15) is 8.42 Å². The molecule has 0 aliphatic rings. The zero-order valence-electron chi connectivity index (χ0n) is 12.5. The van der Waals surface area contributed by atoms with E-state index >= 15 is 0 Å². The van der Waals surface area contributed by atoms with Gasteiger partial charge >= 0.3 is 0 Å². The van der Waals surface area contributed by atoms with Crippen LogP contribution in [0.25, 0.3) is 11.0 Å². The van der Waals surface area contributed by atoms with Gasteiger partial charge in [0.05, 0.1) is 4.90 Å². The van der Waals surface area contributed by atoms with Gasteiger partial charge in [-0.3, -0.25) is 0 Å². The summed E-state index contributed by atoms with van der Waals surface area (Å²) in [4.78, 5) is 0.521. The smallest absolute Gasteiger partial charge is 0.210 e. The summed E-state index contributed by atoms with van der Waals surface area (Å²) in [6.45, 7) is 5.64. The molecule has 0 radical (unpaired) electrons. The lowest BCUT2D eigenvalue weighted by Gasteiger charge is -2.05. The van der Waals surface area contributed by atoms with E-state index in [1.54, 1.807) is 31.2 Å². The molecule has 0 saturated heterocycles. The van der Waals surface area contributed by atoms with Gasteiger partial charge in [-0.1, -0.05) is 15.9 Å². The summed E-state index contributed by atoms with van der Waals surface area (Å²) in [5, 5.41) is 0.642. The molecule has 1 heterocycles. The van der Waals surface area contributed by atoms with Crippen LogP contribution in [0.2, 0.25) is 0 Å². The summed E-state index contributed by atoms with van der Waals surface area (Å²) in [6.07, 6.45) is 0. The number of furan rings is 1. The zero-order chi connectivity index (χ0) is 16.1. The molecule has 0 N–H and O–H groups in total. The molecule has 0 spiro atoms. The van der Waals surface area contributed by atoms with Gasteiger partial charge in [-0.25, -0.2) is 8.42 Å². The van der Waals surface area contributed by atoms with E-state index in [4.69, 9.17) is 4.42 Å². The topological polar surface area (TPSA) is 47.3 Å². The van der Waals surface area contributed by atoms with E-state index in [2.05, 4.69) is 15.9 Å². The molecule has 3 aromatic rings. The zero-order valence-corrected chi connectivity index (χ0v) is 14.9. The average Bonchev–Trinajstić information content (AvgIpc) is 2.75. The standard InChI is InChI=1S/C17H15BrO3S/c1-10-8-15-16(9-11(10)2)21-12(3)17(15)22(19,20)14-6-4-13(18)5-7-14/h4-9H,1-3H3. The number of hydrogen-bond donors (Lipinski definition) is 0. The third-order valence-corrected chi connectivity index (χ3v) is 6.28. The largest absolute Gasteiger partial charge is 0.460 e. The second-order valence-corrected chi connectivity index (χ2v) is 8.18. The van der Waals surface area contributed by atoms with Crippen LogP contribution in [0.15, 0.2) is 55.1 Å². The van der Waals surface area contributed by atoms with Gasteiger partial charge < -0.3 is 4.42 Å². The first-order valence-corrected chi connectivity index (χ1v) is 9.09. The summed E-state index contributed by atoms with van der Waals surface area (Å²) in [5.74, 6) is 0.419. The van der Waals surface area contributed by atoms with Crippen LogP contribution in [0.4, 0.5) is 0 Å². The van der Waals surface area contributed by atoms with Gasteiger partial charge in [0.2, 0.25) is 9.84 Å². The number of fused-ring (bicyclic) bond motifs is 1. The normalized spacial score (nSPS) is 12.0. The van der Waals surface area contributed by atoms with Crippen LogP contribution < -0.4 is 0 Å². The molecule has 0 fully saturated rings. The monoisotopic (exact) mass is 378 g/mol. The van der Waals surface area contributed by atoms with Gasteiger partial charge in [0, 0.05) is 9.86 Å². The predicted molar refractivity (Wildman–Crippen MR) is 90.0 cm³/mol. The van der Waals surface area contributed by atoms with Crippen molar-refractivity contribution in [1.29, 1.82) is 0 Å². The fraction of sp³-hybridized carbons (Fsp3) is 0.176. The fourth-order valence-corrected chi connectivity index (χ4v) is 4.38. The lowest BCUT2D eigenvalue weighted by atomic mass is 10.1. The maximum absolute atomic E-state index is 13.0. The number of aryl methyl sites for hydroxylation is 3. The Morgan fingerprint density at radius 1 is 0.955 bits per heavy atom. The summed E-state index contributed by atoms with van der Waals surface area (Å²) in [7, 11) is -3.61. The molecule has 0 aliphatic carbocycles. The summed E-state index contributed by atoms with van der Waals surface area (Å²) >= 11 is 3.32. The van der Waals surface area contributed by atoms with Gasteiger partial charge in [0.15, 0.2) is 0 Å². The summed E-state index contributed by atoms with van der Waals surface area (Å²) in [6, 6.07) is 10.4. The molecule has 22 heavy (non-hydrogen) atoms. The van der Waals surface area contributed by atoms with E-state index in [1.807, 2.05) is 26.0 Å². The van der Waals surface area contributed by atoms with Gasteiger partial charge in [0.1, 0.15) is 16.2 Å². The highest BCUT2D eigenvalue weighted by Crippen LogP contribution is 2.35. The van der Waals surface area contributed by atoms with Crippen LogP contribution in [0.3, 0.4) is 0 Å². The molecule has 0 unspecified atom stereocenters. The highest BCUT2D eigenvalue weighted by Gasteiger charge is 2.26. The van der Waals surface area contributed by atoms with E-state index in [1.165, 1.54) is 0 Å². The number of hydrogen-bond acceptors (Lipinski definition) is 3. The van der Waals surface area contributed by atoms with Gasteiger partial charge in [-0.2, -0.15) is 0 Å². The van der Waals surface area contributed by atoms with Crippen molar-refractivity contribution in [3.63, 3.8) is 0 Å². The first-order valence-electron chi connectivity index (χ1n) is 6.81. The maximum atomic E-state index is 13.0. The van der Waals surface area contributed by atoms with Crippen LogP contribution in [-0.4, -0.2) is 8.42 Å². The molecule has 1 aromatic heterocycles. The summed E-state index contributed by atoms with van der Waals surface area (Å²) < 4.78 is 32.4. The Hall–Kier alpha value is -1.59. The number of sulfone groups is 1. The van der Waals surface area contributed by atoms with E-state index < -0.39 is 9.84 Å². The van der Waals surface area contributed by atoms with Crippen molar-refractivity contribution >= 4 is 36.7 Å². The molecule has 114 valence electrons. The number of halogens is 1. The van der Waals surface area contributed by atoms with Crippen molar-refractivity contribution in [2.24, 2.45) is 0 Å². The van der Waals surface area contributed by atoms with Crippen LogP contribution in [0.1, 0.15) is 16.9 Å². The Morgan fingerprint density at radius 3 is 2.18 bits per heavy atom.